The van der Waals surface area contributed by atoms with E-state index < -0.39 is 0 Å². The van der Waals surface area contributed by atoms with Crippen LogP contribution in [0.25, 0.3) is 15.9 Å². The standard InChI is InChI=1S/C19H17N7O2S/c1-2-21-17(27)14-10-13-16(23-19(20)24-18(13)29-14)15(25-28)11-4-6-12(7-5-11)26-9-3-8-22-26/h3-10,28H,2H2,1H3,(H,21,27)(H2,20,23,24)/b25-15-. The Labute approximate surface area is 169 Å². The molecular formula is C19H17N7O2S. The normalized spacial score (nSPS) is 11.7. The van der Waals surface area contributed by atoms with E-state index in [0.717, 1.165) is 5.69 Å². The SMILES string of the molecule is CCNC(=O)c1cc2c(/C(=N\O)c3ccc(-n4cccn4)cc3)nc(N)nc2s1. The van der Waals surface area contributed by atoms with Gasteiger partial charge in [-0.05, 0) is 31.2 Å². The molecule has 29 heavy (non-hydrogen) atoms. The van der Waals surface area contributed by atoms with Crippen LogP contribution in [0.15, 0.2) is 53.9 Å². The number of nitrogens with zero attached hydrogens (tertiary/aromatic N) is 5. The molecule has 10 heteroatoms. The number of benzene rings is 1. The smallest absolute Gasteiger partial charge is 0.261 e. The number of hydrogen-bond donors (Lipinski definition) is 3. The number of hydrogen-bond acceptors (Lipinski definition) is 8. The molecule has 146 valence electrons. The Morgan fingerprint density at radius 3 is 2.76 bits per heavy atom. The third-order valence-corrected chi connectivity index (χ3v) is 5.23. The molecule has 0 spiro atoms. The maximum Gasteiger partial charge on any atom is 0.261 e. The highest BCUT2D eigenvalue weighted by atomic mass is 32.1. The third-order valence-electron chi connectivity index (χ3n) is 4.21. The predicted octanol–water partition coefficient (Wildman–Crippen LogP) is 2.44. The Balaban J connectivity index is 1.78. The van der Waals surface area contributed by atoms with Crippen molar-refractivity contribution in [2.45, 2.75) is 6.92 Å². The molecule has 0 unspecified atom stereocenters. The molecule has 3 aromatic heterocycles. The van der Waals surface area contributed by atoms with Gasteiger partial charge in [0.1, 0.15) is 16.2 Å². The first kappa shape index (κ1) is 18.6. The number of nitrogens with two attached hydrogens (primary N) is 1. The van der Waals surface area contributed by atoms with Crippen molar-refractivity contribution in [3.05, 3.63) is 64.9 Å². The Morgan fingerprint density at radius 2 is 2.10 bits per heavy atom. The second-order valence-corrected chi connectivity index (χ2v) is 7.10. The summed E-state index contributed by atoms with van der Waals surface area (Å²) in [6.45, 7) is 2.36. The van der Waals surface area contributed by atoms with Crippen LogP contribution < -0.4 is 11.1 Å². The van der Waals surface area contributed by atoms with E-state index >= 15 is 0 Å². The number of aromatic nitrogens is 4. The van der Waals surface area contributed by atoms with E-state index in [0.29, 0.717) is 32.9 Å². The topological polar surface area (TPSA) is 131 Å². The summed E-state index contributed by atoms with van der Waals surface area (Å²) >= 11 is 1.21. The van der Waals surface area contributed by atoms with Crippen LogP contribution in [-0.4, -0.2) is 43.1 Å². The number of nitrogens with one attached hydrogen (secondary N) is 1. The molecule has 0 radical (unpaired) electrons. The molecule has 0 atom stereocenters. The molecule has 1 amide bonds. The van der Waals surface area contributed by atoms with E-state index in [1.165, 1.54) is 11.3 Å². The van der Waals surface area contributed by atoms with Crippen LogP contribution in [0.5, 0.6) is 0 Å². The first-order chi connectivity index (χ1) is 14.1. The maximum atomic E-state index is 12.2. The van der Waals surface area contributed by atoms with Crippen LogP contribution in [0.1, 0.15) is 27.9 Å². The lowest BCUT2D eigenvalue weighted by molar-refractivity contribution is 0.0960. The summed E-state index contributed by atoms with van der Waals surface area (Å²) < 4.78 is 1.72. The van der Waals surface area contributed by atoms with Gasteiger partial charge in [-0.25, -0.2) is 14.6 Å². The minimum Gasteiger partial charge on any atom is -0.410 e. The zero-order chi connectivity index (χ0) is 20.4. The van der Waals surface area contributed by atoms with Gasteiger partial charge in [0.15, 0.2) is 0 Å². The monoisotopic (exact) mass is 407 g/mol. The van der Waals surface area contributed by atoms with E-state index in [2.05, 4.69) is 25.5 Å². The largest absolute Gasteiger partial charge is 0.410 e. The number of thiophene rings is 1. The fraction of sp³-hybridized carbons (Fsp3) is 0.105. The number of nitrogen functional groups attached to an aromatic ring is 1. The highest BCUT2D eigenvalue weighted by Gasteiger charge is 2.20. The minimum absolute atomic E-state index is 0.0334. The lowest BCUT2D eigenvalue weighted by Gasteiger charge is -2.08. The van der Waals surface area contributed by atoms with Crippen molar-refractivity contribution < 1.29 is 10.0 Å². The van der Waals surface area contributed by atoms with Crippen LogP contribution >= 0.6 is 11.3 Å². The number of rotatable bonds is 5. The van der Waals surface area contributed by atoms with Crippen molar-refractivity contribution in [1.82, 2.24) is 25.1 Å². The average Bonchev–Trinajstić information content (AvgIpc) is 3.39. The lowest BCUT2D eigenvalue weighted by atomic mass is 10.0. The number of oxime groups is 1. The molecule has 0 aliphatic rings. The molecule has 0 fully saturated rings. The zero-order valence-corrected chi connectivity index (χ0v) is 16.2. The fourth-order valence-electron chi connectivity index (χ4n) is 2.91. The second-order valence-electron chi connectivity index (χ2n) is 6.07. The Kier molecular flexibility index (Phi) is 4.92. The molecule has 9 nitrogen and oxygen atoms in total. The van der Waals surface area contributed by atoms with E-state index in [1.54, 1.807) is 29.1 Å². The number of carbonyl (C=O) groups is 1. The van der Waals surface area contributed by atoms with E-state index in [-0.39, 0.29) is 17.6 Å². The molecule has 0 aliphatic heterocycles. The maximum absolute atomic E-state index is 12.2. The Morgan fingerprint density at radius 1 is 1.31 bits per heavy atom. The van der Waals surface area contributed by atoms with Gasteiger partial charge >= 0.3 is 0 Å². The minimum atomic E-state index is -0.203. The Bertz CT molecular complexity index is 1200. The Hall–Kier alpha value is -3.79. The van der Waals surface area contributed by atoms with Gasteiger partial charge in [0.25, 0.3) is 5.91 Å². The van der Waals surface area contributed by atoms with Crippen LogP contribution in [0.4, 0.5) is 5.95 Å². The fourth-order valence-corrected chi connectivity index (χ4v) is 3.87. The molecule has 0 bridgehead atoms. The lowest BCUT2D eigenvalue weighted by Crippen LogP contribution is -2.21. The van der Waals surface area contributed by atoms with Gasteiger partial charge in [0, 0.05) is 29.9 Å². The van der Waals surface area contributed by atoms with Crippen LogP contribution in [0, 0.1) is 0 Å². The summed E-state index contributed by atoms with van der Waals surface area (Å²) in [5, 5.41) is 20.7. The number of anilines is 1. The molecule has 4 rings (SSSR count). The second kappa shape index (κ2) is 7.68. The highest BCUT2D eigenvalue weighted by molar-refractivity contribution is 7.20. The van der Waals surface area contributed by atoms with Gasteiger partial charge in [-0.3, -0.25) is 4.79 Å². The van der Waals surface area contributed by atoms with Gasteiger partial charge in [0.05, 0.1) is 10.6 Å². The molecule has 3 heterocycles. The van der Waals surface area contributed by atoms with Gasteiger partial charge in [-0.1, -0.05) is 17.3 Å². The van der Waals surface area contributed by atoms with Crippen molar-refractivity contribution in [1.29, 1.82) is 0 Å². The molecule has 0 aliphatic carbocycles. The molecule has 0 saturated carbocycles. The van der Waals surface area contributed by atoms with E-state index in [4.69, 9.17) is 5.73 Å². The molecule has 4 aromatic rings. The van der Waals surface area contributed by atoms with Crippen molar-refractivity contribution in [2.24, 2.45) is 5.16 Å². The summed E-state index contributed by atoms with van der Waals surface area (Å²) in [4.78, 5) is 21.7. The summed E-state index contributed by atoms with van der Waals surface area (Å²) in [6, 6.07) is 10.8. The van der Waals surface area contributed by atoms with Gasteiger partial charge in [0.2, 0.25) is 5.95 Å². The van der Waals surface area contributed by atoms with Crippen molar-refractivity contribution in [3.63, 3.8) is 0 Å². The van der Waals surface area contributed by atoms with Crippen LogP contribution in [0.3, 0.4) is 0 Å². The molecule has 4 N–H and O–H groups in total. The van der Waals surface area contributed by atoms with E-state index in [9.17, 15) is 10.0 Å². The molecule has 1 aromatic carbocycles. The van der Waals surface area contributed by atoms with Crippen molar-refractivity contribution >= 4 is 39.1 Å². The third kappa shape index (κ3) is 3.52. The van der Waals surface area contributed by atoms with Crippen molar-refractivity contribution in [3.8, 4) is 5.69 Å². The zero-order valence-electron chi connectivity index (χ0n) is 15.4. The first-order valence-corrected chi connectivity index (χ1v) is 9.60. The number of carbonyl (C=O) groups excluding carboxylic acids is 1. The molecular weight excluding hydrogens is 390 g/mol. The first-order valence-electron chi connectivity index (χ1n) is 8.79. The van der Waals surface area contributed by atoms with Crippen LogP contribution in [-0.2, 0) is 0 Å². The van der Waals surface area contributed by atoms with Gasteiger partial charge in [-0.2, -0.15) is 5.10 Å². The summed E-state index contributed by atoms with van der Waals surface area (Å²) in [5.74, 6) is -0.169. The number of amides is 1. The van der Waals surface area contributed by atoms with Gasteiger partial charge in [-0.15, -0.1) is 11.3 Å². The summed E-state index contributed by atoms with van der Waals surface area (Å²) in [6.07, 6.45) is 3.52. The average molecular weight is 407 g/mol. The van der Waals surface area contributed by atoms with E-state index in [1.807, 2.05) is 31.3 Å². The number of fused-ring (bicyclic) bond motifs is 1. The highest BCUT2D eigenvalue weighted by Crippen LogP contribution is 2.28. The predicted molar refractivity (Wildman–Crippen MR) is 111 cm³/mol. The van der Waals surface area contributed by atoms with Crippen LogP contribution in [0.2, 0.25) is 0 Å². The van der Waals surface area contributed by atoms with Gasteiger partial charge < -0.3 is 16.3 Å². The summed E-state index contributed by atoms with van der Waals surface area (Å²) in [7, 11) is 0. The summed E-state index contributed by atoms with van der Waals surface area (Å²) in [5.41, 5.74) is 7.94. The molecule has 0 saturated heterocycles. The van der Waals surface area contributed by atoms with Crippen molar-refractivity contribution in [2.75, 3.05) is 12.3 Å². The quantitative estimate of drug-likeness (QED) is 0.264.